The number of amides is 1. The number of piperazine rings is 1. The van der Waals surface area contributed by atoms with Gasteiger partial charge < -0.3 is 14.7 Å². The SMILES string of the molecule is CC(=O)N1CCN(c2cc(C)nc(N3CCC(C)CC3)n2)CC1. The van der Waals surface area contributed by atoms with Gasteiger partial charge in [-0.2, -0.15) is 4.98 Å². The smallest absolute Gasteiger partial charge is 0.227 e. The van der Waals surface area contributed by atoms with Gasteiger partial charge in [0.15, 0.2) is 0 Å². The Hall–Kier alpha value is -1.85. The van der Waals surface area contributed by atoms with E-state index in [4.69, 9.17) is 4.98 Å². The van der Waals surface area contributed by atoms with Crippen molar-refractivity contribution in [2.45, 2.75) is 33.6 Å². The molecule has 0 saturated carbocycles. The molecule has 3 heterocycles. The summed E-state index contributed by atoms with van der Waals surface area (Å²) in [4.78, 5) is 27.4. The maximum atomic E-state index is 11.5. The first-order valence-electron chi connectivity index (χ1n) is 8.64. The third kappa shape index (κ3) is 3.74. The third-order valence-corrected chi connectivity index (χ3v) is 4.94. The Labute approximate surface area is 138 Å². The Kier molecular flexibility index (Phi) is 4.68. The van der Waals surface area contributed by atoms with E-state index < -0.39 is 0 Å². The number of carbonyl (C=O) groups is 1. The van der Waals surface area contributed by atoms with Gasteiger partial charge in [-0.25, -0.2) is 4.98 Å². The molecule has 1 aromatic heterocycles. The number of anilines is 2. The fourth-order valence-electron chi connectivity index (χ4n) is 3.30. The largest absolute Gasteiger partial charge is 0.353 e. The Bertz CT molecular complexity index is 560. The number of hydrogen-bond acceptors (Lipinski definition) is 5. The average molecular weight is 317 g/mol. The van der Waals surface area contributed by atoms with Crippen LogP contribution in [0, 0.1) is 12.8 Å². The summed E-state index contributed by atoms with van der Waals surface area (Å²) in [5.41, 5.74) is 1.01. The van der Waals surface area contributed by atoms with E-state index in [-0.39, 0.29) is 5.91 Å². The van der Waals surface area contributed by atoms with Crippen LogP contribution in [-0.2, 0) is 4.79 Å². The summed E-state index contributed by atoms with van der Waals surface area (Å²) in [6.07, 6.45) is 2.42. The molecule has 0 radical (unpaired) electrons. The molecule has 2 saturated heterocycles. The monoisotopic (exact) mass is 317 g/mol. The predicted octanol–water partition coefficient (Wildman–Crippen LogP) is 1.69. The average Bonchev–Trinajstić information content (AvgIpc) is 2.55. The Balaban J connectivity index is 1.72. The summed E-state index contributed by atoms with van der Waals surface area (Å²) in [6, 6.07) is 2.06. The van der Waals surface area contributed by atoms with Gasteiger partial charge in [0.2, 0.25) is 11.9 Å². The van der Waals surface area contributed by atoms with Crippen molar-refractivity contribution in [1.82, 2.24) is 14.9 Å². The lowest BCUT2D eigenvalue weighted by atomic mass is 10.00. The second kappa shape index (κ2) is 6.72. The van der Waals surface area contributed by atoms with Gasteiger partial charge in [0.05, 0.1) is 0 Å². The van der Waals surface area contributed by atoms with E-state index >= 15 is 0 Å². The molecule has 0 aliphatic carbocycles. The molecule has 0 bridgehead atoms. The zero-order valence-corrected chi connectivity index (χ0v) is 14.5. The minimum absolute atomic E-state index is 0.159. The number of rotatable bonds is 2. The van der Waals surface area contributed by atoms with Gasteiger partial charge in [0.1, 0.15) is 5.82 Å². The first-order valence-corrected chi connectivity index (χ1v) is 8.64. The molecule has 2 aliphatic heterocycles. The van der Waals surface area contributed by atoms with Crippen LogP contribution in [0.2, 0.25) is 0 Å². The van der Waals surface area contributed by atoms with E-state index in [1.807, 2.05) is 11.8 Å². The lowest BCUT2D eigenvalue weighted by Gasteiger charge is -2.36. The highest BCUT2D eigenvalue weighted by molar-refractivity contribution is 5.73. The van der Waals surface area contributed by atoms with Gasteiger partial charge in [-0.1, -0.05) is 6.92 Å². The fourth-order valence-corrected chi connectivity index (χ4v) is 3.30. The lowest BCUT2D eigenvalue weighted by molar-refractivity contribution is -0.129. The quantitative estimate of drug-likeness (QED) is 0.831. The third-order valence-electron chi connectivity index (χ3n) is 4.94. The highest BCUT2D eigenvalue weighted by Gasteiger charge is 2.22. The fraction of sp³-hybridized carbons (Fsp3) is 0.706. The number of carbonyl (C=O) groups excluding carboxylic acids is 1. The van der Waals surface area contributed by atoms with Gasteiger partial charge >= 0.3 is 0 Å². The maximum absolute atomic E-state index is 11.5. The highest BCUT2D eigenvalue weighted by Crippen LogP contribution is 2.23. The van der Waals surface area contributed by atoms with Crippen LogP contribution in [-0.4, -0.2) is 60.0 Å². The molecule has 6 nitrogen and oxygen atoms in total. The van der Waals surface area contributed by atoms with Crippen molar-refractivity contribution in [3.05, 3.63) is 11.8 Å². The molecule has 1 amide bonds. The minimum atomic E-state index is 0.159. The van der Waals surface area contributed by atoms with Crippen LogP contribution in [0.5, 0.6) is 0 Å². The topological polar surface area (TPSA) is 52.6 Å². The number of aryl methyl sites for hydroxylation is 1. The predicted molar refractivity (Wildman–Crippen MR) is 91.8 cm³/mol. The van der Waals surface area contributed by atoms with Crippen LogP contribution in [0.4, 0.5) is 11.8 Å². The summed E-state index contributed by atoms with van der Waals surface area (Å²) in [5.74, 6) is 2.82. The minimum Gasteiger partial charge on any atom is -0.353 e. The summed E-state index contributed by atoms with van der Waals surface area (Å²) in [7, 11) is 0. The molecule has 0 atom stereocenters. The zero-order valence-electron chi connectivity index (χ0n) is 14.5. The Morgan fingerprint density at radius 1 is 1.04 bits per heavy atom. The van der Waals surface area contributed by atoms with Gasteiger partial charge in [0, 0.05) is 58.0 Å². The van der Waals surface area contributed by atoms with Crippen molar-refractivity contribution in [2.75, 3.05) is 49.1 Å². The van der Waals surface area contributed by atoms with Gasteiger partial charge in [-0.15, -0.1) is 0 Å². The molecule has 0 N–H and O–H groups in total. The summed E-state index contributed by atoms with van der Waals surface area (Å²) < 4.78 is 0. The Morgan fingerprint density at radius 2 is 1.70 bits per heavy atom. The molecule has 2 aliphatic rings. The van der Waals surface area contributed by atoms with Crippen molar-refractivity contribution < 1.29 is 4.79 Å². The molecule has 0 aromatic carbocycles. The first kappa shape index (κ1) is 16.0. The number of aromatic nitrogens is 2. The van der Waals surface area contributed by atoms with E-state index in [1.54, 1.807) is 6.92 Å². The molecular weight excluding hydrogens is 290 g/mol. The van der Waals surface area contributed by atoms with E-state index in [0.29, 0.717) is 0 Å². The van der Waals surface area contributed by atoms with Gasteiger partial charge in [-0.3, -0.25) is 4.79 Å². The zero-order chi connectivity index (χ0) is 16.4. The highest BCUT2D eigenvalue weighted by atomic mass is 16.2. The van der Waals surface area contributed by atoms with E-state index in [2.05, 4.69) is 27.8 Å². The molecule has 2 fully saturated rings. The molecule has 1 aromatic rings. The maximum Gasteiger partial charge on any atom is 0.227 e. The summed E-state index contributed by atoms with van der Waals surface area (Å²) in [6.45, 7) is 11.3. The molecule has 3 rings (SSSR count). The van der Waals surface area contributed by atoms with Crippen molar-refractivity contribution in [1.29, 1.82) is 0 Å². The number of hydrogen-bond donors (Lipinski definition) is 0. The number of piperidine rings is 1. The van der Waals surface area contributed by atoms with Crippen LogP contribution in [0.25, 0.3) is 0 Å². The lowest BCUT2D eigenvalue weighted by Crippen LogP contribution is -2.48. The van der Waals surface area contributed by atoms with Crippen LogP contribution in [0.1, 0.15) is 32.4 Å². The van der Waals surface area contributed by atoms with Crippen molar-refractivity contribution in [3.8, 4) is 0 Å². The van der Waals surface area contributed by atoms with E-state index in [0.717, 1.165) is 62.6 Å². The molecule has 126 valence electrons. The number of nitrogens with zero attached hydrogens (tertiary/aromatic N) is 5. The molecule has 0 unspecified atom stereocenters. The van der Waals surface area contributed by atoms with Crippen LogP contribution >= 0.6 is 0 Å². The van der Waals surface area contributed by atoms with Gasteiger partial charge in [-0.05, 0) is 25.7 Å². The normalized spacial score (nSPS) is 20.0. The van der Waals surface area contributed by atoms with Crippen molar-refractivity contribution >= 4 is 17.7 Å². The molecule has 23 heavy (non-hydrogen) atoms. The van der Waals surface area contributed by atoms with Crippen LogP contribution in [0.15, 0.2) is 6.07 Å². The second-order valence-electron chi connectivity index (χ2n) is 6.83. The van der Waals surface area contributed by atoms with Crippen molar-refractivity contribution in [3.63, 3.8) is 0 Å². The van der Waals surface area contributed by atoms with Crippen LogP contribution in [0.3, 0.4) is 0 Å². The molecule has 6 heteroatoms. The molecule has 0 spiro atoms. The summed E-state index contributed by atoms with van der Waals surface area (Å²) >= 11 is 0. The standard InChI is InChI=1S/C17H27N5O/c1-13-4-6-22(7-5-13)17-18-14(2)12-16(19-17)21-10-8-20(9-11-21)15(3)23/h12-13H,4-11H2,1-3H3. The van der Waals surface area contributed by atoms with E-state index in [1.165, 1.54) is 12.8 Å². The second-order valence-corrected chi connectivity index (χ2v) is 6.83. The van der Waals surface area contributed by atoms with E-state index in [9.17, 15) is 4.79 Å². The molecular formula is C17H27N5O. The van der Waals surface area contributed by atoms with Crippen molar-refractivity contribution in [2.24, 2.45) is 5.92 Å². The summed E-state index contributed by atoms with van der Waals surface area (Å²) in [5, 5.41) is 0. The first-order chi connectivity index (χ1) is 11.0. The Morgan fingerprint density at radius 3 is 2.30 bits per heavy atom. The van der Waals surface area contributed by atoms with Crippen LogP contribution < -0.4 is 9.80 Å². The van der Waals surface area contributed by atoms with Gasteiger partial charge in [0.25, 0.3) is 0 Å².